The summed E-state index contributed by atoms with van der Waals surface area (Å²) in [6, 6.07) is 21.5. The zero-order valence-corrected chi connectivity index (χ0v) is 17.4. The van der Waals surface area contributed by atoms with E-state index in [4.69, 9.17) is 10.7 Å². The number of ketones is 1. The summed E-state index contributed by atoms with van der Waals surface area (Å²) in [5.74, 6) is 0.569. The summed E-state index contributed by atoms with van der Waals surface area (Å²) in [4.78, 5) is 21.6. The Bertz CT molecular complexity index is 1360. The summed E-state index contributed by atoms with van der Waals surface area (Å²) in [6.45, 7) is 2.18. The van der Waals surface area contributed by atoms with E-state index in [1.807, 2.05) is 77.3 Å². The Balaban J connectivity index is 1.63. The number of hydrogen-bond donors (Lipinski definition) is 2. The number of aryl methyl sites for hydroxylation is 1. The topological polar surface area (TPSA) is 76.2 Å². The third kappa shape index (κ3) is 3.28. The largest absolute Gasteiger partial charge is 0.396 e. The van der Waals surface area contributed by atoms with Crippen LogP contribution in [0.15, 0.2) is 72.9 Å². The van der Waals surface area contributed by atoms with Crippen molar-refractivity contribution in [2.75, 3.05) is 5.73 Å². The minimum Gasteiger partial charge on any atom is -0.396 e. The number of unbranched alkanes of at least 4 members (excludes halogenated alkanes) is 1. The van der Waals surface area contributed by atoms with Gasteiger partial charge in [-0.05, 0) is 42.7 Å². The van der Waals surface area contributed by atoms with E-state index in [1.165, 1.54) is 5.56 Å². The van der Waals surface area contributed by atoms with Crippen LogP contribution in [0, 0.1) is 0 Å². The van der Waals surface area contributed by atoms with Crippen molar-refractivity contribution in [1.29, 1.82) is 0 Å². The number of nitrogens with one attached hydrogen (secondary N) is 1. The van der Waals surface area contributed by atoms with Gasteiger partial charge in [0.15, 0.2) is 0 Å². The highest BCUT2D eigenvalue weighted by Gasteiger charge is 2.24. The Labute approximate surface area is 180 Å². The van der Waals surface area contributed by atoms with Crippen LogP contribution in [0.3, 0.4) is 0 Å². The van der Waals surface area contributed by atoms with Gasteiger partial charge >= 0.3 is 0 Å². The van der Waals surface area contributed by atoms with Gasteiger partial charge in [0, 0.05) is 11.8 Å². The molecule has 5 heteroatoms. The smallest absolute Gasteiger partial charge is 0.211 e. The van der Waals surface area contributed by atoms with Crippen LogP contribution in [-0.2, 0) is 6.42 Å². The molecule has 0 atom stereocenters. The Morgan fingerprint density at radius 2 is 1.81 bits per heavy atom. The average molecular weight is 409 g/mol. The van der Waals surface area contributed by atoms with Crippen molar-refractivity contribution in [3.8, 4) is 11.4 Å². The van der Waals surface area contributed by atoms with E-state index >= 15 is 0 Å². The van der Waals surface area contributed by atoms with Crippen LogP contribution < -0.4 is 5.73 Å². The van der Waals surface area contributed by atoms with Crippen molar-refractivity contribution in [3.63, 3.8) is 0 Å². The zero-order valence-electron chi connectivity index (χ0n) is 17.4. The molecule has 2 aromatic carbocycles. The van der Waals surface area contributed by atoms with E-state index in [1.54, 1.807) is 0 Å². The maximum atomic E-state index is 13.5. The molecule has 0 amide bonds. The zero-order chi connectivity index (χ0) is 21.4. The number of fused-ring (bicyclic) bond motifs is 2. The molecule has 3 aromatic heterocycles. The van der Waals surface area contributed by atoms with Crippen molar-refractivity contribution in [2.45, 2.75) is 26.2 Å². The molecule has 5 rings (SSSR count). The molecule has 0 aliphatic carbocycles. The molecule has 3 heterocycles. The molecule has 3 N–H and O–H groups in total. The van der Waals surface area contributed by atoms with Crippen molar-refractivity contribution >= 4 is 28.0 Å². The molecule has 0 saturated carbocycles. The van der Waals surface area contributed by atoms with Crippen LogP contribution in [0.4, 0.5) is 5.69 Å². The lowest BCUT2D eigenvalue weighted by atomic mass is 10.0. The number of carbonyl (C=O) groups excluding carboxylic acids is 1. The number of nitrogens with zero attached hydrogens (tertiary/aromatic N) is 2. The maximum absolute atomic E-state index is 13.5. The number of rotatable bonds is 6. The first-order chi connectivity index (χ1) is 15.2. The number of nitrogens with two attached hydrogens (primary N) is 1. The number of hydrogen-bond acceptors (Lipinski definition) is 3. The fourth-order valence-electron chi connectivity index (χ4n) is 4.12. The van der Waals surface area contributed by atoms with E-state index < -0.39 is 0 Å². The van der Waals surface area contributed by atoms with Crippen LogP contribution in [0.1, 0.15) is 41.4 Å². The summed E-state index contributed by atoms with van der Waals surface area (Å²) in [5.41, 5.74) is 12.8. The van der Waals surface area contributed by atoms with Gasteiger partial charge in [-0.2, -0.15) is 0 Å². The lowest BCUT2D eigenvalue weighted by molar-refractivity contribution is 0.103. The molecular weight excluding hydrogens is 384 g/mol. The second-order valence-electron chi connectivity index (χ2n) is 7.83. The number of benzene rings is 2. The van der Waals surface area contributed by atoms with Crippen molar-refractivity contribution in [2.24, 2.45) is 0 Å². The number of H-pyrrole nitrogens is 1. The van der Waals surface area contributed by atoms with Gasteiger partial charge in [0.05, 0.1) is 27.8 Å². The van der Waals surface area contributed by atoms with Gasteiger partial charge in [0.2, 0.25) is 5.78 Å². The van der Waals surface area contributed by atoms with E-state index in [2.05, 4.69) is 11.9 Å². The number of carbonyl (C=O) groups is 1. The molecule has 0 fully saturated rings. The van der Waals surface area contributed by atoms with Crippen molar-refractivity contribution in [3.05, 3.63) is 89.7 Å². The van der Waals surface area contributed by atoms with Gasteiger partial charge in [0.1, 0.15) is 11.5 Å². The molecule has 5 aromatic rings. The van der Waals surface area contributed by atoms with Crippen LogP contribution in [0.5, 0.6) is 0 Å². The first-order valence-corrected chi connectivity index (χ1v) is 10.6. The Morgan fingerprint density at radius 3 is 2.58 bits per heavy atom. The highest BCUT2D eigenvalue weighted by Crippen LogP contribution is 2.36. The predicted octanol–water partition coefficient (Wildman–Crippen LogP) is 5.64. The number of imidazole rings is 1. The van der Waals surface area contributed by atoms with Crippen LogP contribution in [-0.4, -0.2) is 20.2 Å². The summed E-state index contributed by atoms with van der Waals surface area (Å²) in [6.07, 6.45) is 5.19. The molecule has 31 heavy (non-hydrogen) atoms. The second-order valence-corrected chi connectivity index (χ2v) is 7.83. The number of nitrogen functional groups attached to an aromatic ring is 1. The van der Waals surface area contributed by atoms with E-state index in [-0.39, 0.29) is 5.78 Å². The average Bonchev–Trinajstić information content (AvgIpc) is 3.35. The first-order valence-electron chi connectivity index (χ1n) is 10.6. The first kappa shape index (κ1) is 19.1. The number of pyridine rings is 1. The van der Waals surface area contributed by atoms with Gasteiger partial charge in [-0.15, -0.1) is 0 Å². The number of anilines is 1. The Kier molecular flexibility index (Phi) is 4.79. The molecule has 5 nitrogen and oxygen atoms in total. The molecular formula is C26H24N4O. The fraction of sp³-hybridized carbons (Fsp3) is 0.154. The fourth-order valence-corrected chi connectivity index (χ4v) is 4.12. The lowest BCUT2D eigenvalue weighted by Gasteiger charge is -2.05. The molecule has 0 unspecified atom stereocenters. The minimum absolute atomic E-state index is 0.0943. The SMILES string of the molecule is CCCCc1ccc(C(=O)c2c(N)c(-c3nc4ccccc4[nH]3)c3ccccn23)cc1. The molecule has 0 bridgehead atoms. The van der Waals surface area contributed by atoms with Crippen molar-refractivity contribution < 1.29 is 4.79 Å². The molecule has 154 valence electrons. The van der Waals surface area contributed by atoms with Gasteiger partial charge in [-0.25, -0.2) is 4.98 Å². The predicted molar refractivity (Wildman–Crippen MR) is 125 cm³/mol. The number of para-hydroxylation sites is 2. The van der Waals surface area contributed by atoms with Gasteiger partial charge < -0.3 is 15.1 Å². The van der Waals surface area contributed by atoms with E-state index in [9.17, 15) is 4.79 Å². The second kappa shape index (κ2) is 7.76. The molecule has 0 spiro atoms. The maximum Gasteiger partial charge on any atom is 0.211 e. The van der Waals surface area contributed by atoms with E-state index in [0.29, 0.717) is 22.8 Å². The summed E-state index contributed by atoms with van der Waals surface area (Å²) in [7, 11) is 0. The van der Waals surface area contributed by atoms with Gasteiger partial charge in [-0.1, -0.05) is 55.8 Å². The van der Waals surface area contributed by atoms with Crippen LogP contribution in [0.2, 0.25) is 0 Å². The molecule has 0 saturated heterocycles. The molecule has 0 aliphatic heterocycles. The van der Waals surface area contributed by atoms with Gasteiger partial charge in [0.25, 0.3) is 0 Å². The third-order valence-corrected chi connectivity index (χ3v) is 5.76. The lowest BCUT2D eigenvalue weighted by Crippen LogP contribution is -2.08. The number of aromatic amines is 1. The van der Waals surface area contributed by atoms with Crippen LogP contribution in [0.25, 0.3) is 27.9 Å². The Morgan fingerprint density at radius 1 is 1.03 bits per heavy atom. The molecule has 0 aliphatic rings. The van der Waals surface area contributed by atoms with E-state index in [0.717, 1.165) is 41.4 Å². The number of aromatic nitrogens is 3. The van der Waals surface area contributed by atoms with Crippen molar-refractivity contribution in [1.82, 2.24) is 14.4 Å². The standard InChI is InChI=1S/C26H24N4O/c1-2-3-8-17-12-14-18(15-13-17)25(31)24-23(27)22(21-11-6-7-16-30(21)24)26-28-19-9-4-5-10-20(19)29-26/h4-7,9-16H,2-3,8,27H2,1H3,(H,28,29). The summed E-state index contributed by atoms with van der Waals surface area (Å²) < 4.78 is 1.87. The third-order valence-electron chi connectivity index (χ3n) is 5.76. The monoisotopic (exact) mass is 408 g/mol. The van der Waals surface area contributed by atoms with Crippen LogP contribution >= 0.6 is 0 Å². The summed E-state index contributed by atoms with van der Waals surface area (Å²) >= 11 is 0. The summed E-state index contributed by atoms with van der Waals surface area (Å²) in [5, 5.41) is 0. The molecule has 0 radical (unpaired) electrons. The highest BCUT2D eigenvalue weighted by molar-refractivity contribution is 6.15. The Hall–Kier alpha value is -3.86. The van der Waals surface area contributed by atoms with Gasteiger partial charge in [-0.3, -0.25) is 4.79 Å². The highest BCUT2D eigenvalue weighted by atomic mass is 16.1. The quantitative estimate of drug-likeness (QED) is 0.357. The normalized spacial score (nSPS) is 11.4. The minimum atomic E-state index is -0.0943.